The van der Waals surface area contributed by atoms with Crippen molar-refractivity contribution in [1.82, 2.24) is 0 Å². The molecule has 1 fully saturated rings. The standard InChI is InChI=1S/C6H10O3S/c7-5-10(8,9)6-3-1-2-4-6/h5-6H,1-4H2. The predicted molar refractivity (Wildman–Crippen MR) is 37.9 cm³/mol. The van der Waals surface area contributed by atoms with Gasteiger partial charge in [-0.05, 0) is 12.8 Å². The van der Waals surface area contributed by atoms with Gasteiger partial charge in [0.2, 0.25) is 15.5 Å². The summed E-state index contributed by atoms with van der Waals surface area (Å²) in [4.78, 5) is 10.0. The van der Waals surface area contributed by atoms with E-state index in [9.17, 15) is 13.2 Å². The van der Waals surface area contributed by atoms with Gasteiger partial charge in [-0.1, -0.05) is 12.8 Å². The van der Waals surface area contributed by atoms with Gasteiger partial charge in [-0.2, -0.15) is 0 Å². The molecule has 10 heavy (non-hydrogen) atoms. The Kier molecular flexibility index (Phi) is 2.08. The van der Waals surface area contributed by atoms with E-state index < -0.39 is 9.84 Å². The number of rotatable bonds is 2. The summed E-state index contributed by atoms with van der Waals surface area (Å²) in [6.07, 6.45) is 3.22. The summed E-state index contributed by atoms with van der Waals surface area (Å²) in [6, 6.07) is 0. The maximum Gasteiger partial charge on any atom is 0.234 e. The molecule has 0 N–H and O–H groups in total. The number of hydrogen-bond donors (Lipinski definition) is 0. The van der Waals surface area contributed by atoms with Crippen molar-refractivity contribution in [3.8, 4) is 0 Å². The second-order valence-corrected chi connectivity index (χ2v) is 4.63. The molecule has 0 radical (unpaired) electrons. The van der Waals surface area contributed by atoms with Crippen molar-refractivity contribution in [3.63, 3.8) is 0 Å². The van der Waals surface area contributed by atoms with Gasteiger partial charge < -0.3 is 0 Å². The van der Waals surface area contributed by atoms with Crippen molar-refractivity contribution in [1.29, 1.82) is 0 Å². The van der Waals surface area contributed by atoms with E-state index in [1.54, 1.807) is 0 Å². The van der Waals surface area contributed by atoms with Crippen molar-refractivity contribution in [2.45, 2.75) is 30.9 Å². The molecule has 0 atom stereocenters. The van der Waals surface area contributed by atoms with Crippen LogP contribution in [-0.4, -0.2) is 19.3 Å². The van der Waals surface area contributed by atoms with Crippen molar-refractivity contribution in [2.24, 2.45) is 0 Å². The summed E-state index contributed by atoms with van der Waals surface area (Å²) in [5, 5.41) is -0.370. The van der Waals surface area contributed by atoms with Gasteiger partial charge in [0, 0.05) is 0 Å². The second-order valence-electron chi connectivity index (χ2n) is 2.59. The molecule has 0 bridgehead atoms. The minimum atomic E-state index is -3.38. The van der Waals surface area contributed by atoms with Crippen LogP contribution in [0.1, 0.15) is 25.7 Å². The third-order valence-corrected chi connectivity index (χ3v) is 3.57. The fourth-order valence-corrected chi connectivity index (χ4v) is 2.44. The zero-order chi connectivity index (χ0) is 7.61. The average molecular weight is 162 g/mol. The van der Waals surface area contributed by atoms with Crippen LogP contribution < -0.4 is 0 Å². The van der Waals surface area contributed by atoms with E-state index in [2.05, 4.69) is 0 Å². The molecule has 0 saturated heterocycles. The SMILES string of the molecule is O=CS(=O)(=O)C1CCCC1. The Bertz CT molecular complexity index is 211. The summed E-state index contributed by atoms with van der Waals surface area (Å²) < 4.78 is 21.7. The lowest BCUT2D eigenvalue weighted by Gasteiger charge is -2.01. The summed E-state index contributed by atoms with van der Waals surface area (Å²) in [5.41, 5.74) is 0.0863. The largest absolute Gasteiger partial charge is 0.285 e. The molecule has 0 aliphatic heterocycles. The van der Waals surface area contributed by atoms with E-state index in [0.717, 1.165) is 12.8 Å². The van der Waals surface area contributed by atoms with Gasteiger partial charge in [-0.25, -0.2) is 8.42 Å². The van der Waals surface area contributed by atoms with Gasteiger partial charge in [0.1, 0.15) is 0 Å². The van der Waals surface area contributed by atoms with Crippen molar-refractivity contribution in [3.05, 3.63) is 0 Å². The molecule has 0 spiro atoms. The zero-order valence-electron chi connectivity index (χ0n) is 5.62. The van der Waals surface area contributed by atoms with Crippen LogP contribution in [0.25, 0.3) is 0 Å². The summed E-state index contributed by atoms with van der Waals surface area (Å²) in [6.45, 7) is 0. The normalized spacial score (nSPS) is 21.2. The van der Waals surface area contributed by atoms with Gasteiger partial charge in [0.05, 0.1) is 5.25 Å². The minimum absolute atomic E-state index is 0.0863. The van der Waals surface area contributed by atoms with E-state index in [4.69, 9.17) is 0 Å². The van der Waals surface area contributed by atoms with Crippen LogP contribution in [0.15, 0.2) is 0 Å². The lowest BCUT2D eigenvalue weighted by atomic mass is 10.4. The molecule has 1 saturated carbocycles. The smallest absolute Gasteiger partial charge is 0.234 e. The highest BCUT2D eigenvalue weighted by molar-refractivity contribution is 8.04. The molecule has 1 aliphatic carbocycles. The molecule has 0 aromatic carbocycles. The molecular weight excluding hydrogens is 152 g/mol. The first-order valence-corrected chi connectivity index (χ1v) is 4.97. The number of carbonyl (C=O) groups is 1. The first kappa shape index (κ1) is 7.72. The van der Waals surface area contributed by atoms with Gasteiger partial charge >= 0.3 is 0 Å². The minimum Gasteiger partial charge on any atom is -0.285 e. The zero-order valence-corrected chi connectivity index (χ0v) is 6.43. The molecule has 1 aliphatic rings. The molecule has 0 aromatic rings. The Morgan fingerprint density at radius 1 is 1.20 bits per heavy atom. The third-order valence-electron chi connectivity index (χ3n) is 1.90. The summed E-state index contributed by atoms with van der Waals surface area (Å²) in [7, 11) is -3.38. The van der Waals surface area contributed by atoms with Gasteiger partial charge in [-0.3, -0.25) is 4.79 Å². The Labute approximate surface area is 60.3 Å². The fraction of sp³-hybridized carbons (Fsp3) is 0.833. The van der Waals surface area contributed by atoms with Crippen molar-refractivity contribution < 1.29 is 13.2 Å². The van der Waals surface area contributed by atoms with Crippen LogP contribution in [0, 0.1) is 0 Å². The van der Waals surface area contributed by atoms with Crippen LogP contribution in [0.4, 0.5) is 0 Å². The average Bonchev–Trinajstić information content (AvgIpc) is 2.38. The lowest BCUT2D eigenvalue weighted by molar-refractivity contribution is 0.551. The maximum absolute atomic E-state index is 10.8. The highest BCUT2D eigenvalue weighted by Gasteiger charge is 2.27. The van der Waals surface area contributed by atoms with Crippen LogP contribution in [0.2, 0.25) is 0 Å². The van der Waals surface area contributed by atoms with E-state index in [1.807, 2.05) is 0 Å². The van der Waals surface area contributed by atoms with E-state index in [1.165, 1.54) is 0 Å². The topological polar surface area (TPSA) is 51.2 Å². The Morgan fingerprint density at radius 2 is 1.70 bits per heavy atom. The second kappa shape index (κ2) is 2.70. The maximum atomic E-state index is 10.8. The highest BCUT2D eigenvalue weighted by Crippen LogP contribution is 2.23. The molecule has 58 valence electrons. The molecule has 0 heterocycles. The lowest BCUT2D eigenvalue weighted by Crippen LogP contribution is -2.17. The first-order chi connectivity index (χ1) is 4.67. The number of sulfone groups is 1. The Balaban J connectivity index is 2.72. The van der Waals surface area contributed by atoms with E-state index in [0.29, 0.717) is 12.8 Å². The monoisotopic (exact) mass is 162 g/mol. The van der Waals surface area contributed by atoms with Gasteiger partial charge in [0.25, 0.3) is 0 Å². The van der Waals surface area contributed by atoms with Gasteiger partial charge in [0.15, 0.2) is 0 Å². The van der Waals surface area contributed by atoms with Crippen LogP contribution >= 0.6 is 0 Å². The summed E-state index contributed by atoms with van der Waals surface area (Å²) >= 11 is 0. The van der Waals surface area contributed by atoms with Crippen LogP contribution in [-0.2, 0) is 14.6 Å². The number of carbonyl (C=O) groups excluding carboxylic acids is 1. The first-order valence-electron chi connectivity index (χ1n) is 3.36. The summed E-state index contributed by atoms with van der Waals surface area (Å²) in [5.74, 6) is 0. The van der Waals surface area contributed by atoms with E-state index >= 15 is 0 Å². The van der Waals surface area contributed by atoms with Gasteiger partial charge in [-0.15, -0.1) is 0 Å². The molecular formula is C6H10O3S. The van der Waals surface area contributed by atoms with Crippen LogP contribution in [0.5, 0.6) is 0 Å². The van der Waals surface area contributed by atoms with E-state index in [-0.39, 0.29) is 10.9 Å². The van der Waals surface area contributed by atoms with Crippen molar-refractivity contribution in [2.75, 3.05) is 0 Å². The van der Waals surface area contributed by atoms with Crippen LogP contribution in [0.3, 0.4) is 0 Å². The highest BCUT2D eigenvalue weighted by atomic mass is 32.2. The molecule has 0 unspecified atom stereocenters. The third kappa shape index (κ3) is 1.37. The molecule has 1 rings (SSSR count). The quantitative estimate of drug-likeness (QED) is 0.557. The molecule has 3 nitrogen and oxygen atoms in total. The number of hydrogen-bond acceptors (Lipinski definition) is 3. The molecule has 4 heteroatoms. The fourth-order valence-electron chi connectivity index (χ4n) is 1.30. The Hall–Kier alpha value is -0.380. The molecule has 0 amide bonds. The molecule has 0 aromatic heterocycles. The Morgan fingerprint density at radius 3 is 2.10 bits per heavy atom. The predicted octanol–water partition coefficient (Wildman–Crippen LogP) is 0.534. The van der Waals surface area contributed by atoms with Crippen molar-refractivity contribution >= 4 is 15.5 Å².